The fourth-order valence-electron chi connectivity index (χ4n) is 3.27. The van der Waals surface area contributed by atoms with Gasteiger partial charge in [0.15, 0.2) is 11.5 Å². The normalized spacial score (nSPS) is 13.9. The molecule has 0 heterocycles. The van der Waals surface area contributed by atoms with Gasteiger partial charge in [-0.3, -0.25) is 4.79 Å². The quantitative estimate of drug-likeness (QED) is 0.485. The standard InChI is InChI=1S/C23H23ClFNO5/c1-29-20-13-15(10-12-21(27)26-31-23(28)16-5-2-3-6-16)9-11-19(20)30-14-17-7-4-8-18(24)22(17)25/h4,7-13,16H,2-3,5-6,14H2,1H3,(H,26,27)/b12-10+. The summed E-state index contributed by atoms with van der Waals surface area (Å²) in [6.45, 7) is -0.0211. The lowest BCUT2D eigenvalue weighted by atomic mass is 10.1. The molecular formula is C23H23ClFNO5. The summed E-state index contributed by atoms with van der Waals surface area (Å²) in [4.78, 5) is 28.6. The van der Waals surface area contributed by atoms with Crippen LogP contribution in [0.3, 0.4) is 0 Å². The lowest BCUT2D eigenvalue weighted by molar-refractivity contribution is -0.160. The van der Waals surface area contributed by atoms with Gasteiger partial charge in [-0.05, 0) is 42.7 Å². The molecule has 0 atom stereocenters. The van der Waals surface area contributed by atoms with Crippen LogP contribution in [0.25, 0.3) is 6.08 Å². The minimum Gasteiger partial charge on any atom is -0.493 e. The SMILES string of the molecule is COc1cc(/C=C/C(=O)NOC(=O)C2CCCC2)ccc1OCc1cccc(Cl)c1F. The number of carbonyl (C=O) groups excluding carboxylic acids is 2. The molecule has 6 nitrogen and oxygen atoms in total. The summed E-state index contributed by atoms with van der Waals surface area (Å²) in [5.74, 6) is -0.795. The fraction of sp³-hybridized carbons (Fsp3) is 0.304. The largest absolute Gasteiger partial charge is 0.493 e. The molecule has 2 aromatic rings. The summed E-state index contributed by atoms with van der Waals surface area (Å²) in [7, 11) is 1.48. The molecule has 0 unspecified atom stereocenters. The monoisotopic (exact) mass is 447 g/mol. The molecule has 0 spiro atoms. The molecule has 1 saturated carbocycles. The van der Waals surface area contributed by atoms with Gasteiger partial charge in [0.1, 0.15) is 12.4 Å². The molecule has 0 radical (unpaired) electrons. The Bertz CT molecular complexity index is 972. The van der Waals surface area contributed by atoms with Gasteiger partial charge in [0.2, 0.25) is 0 Å². The van der Waals surface area contributed by atoms with Crippen molar-refractivity contribution in [3.05, 3.63) is 64.4 Å². The highest BCUT2D eigenvalue weighted by Gasteiger charge is 2.24. The number of methoxy groups -OCH3 is 1. The van der Waals surface area contributed by atoms with Gasteiger partial charge in [0, 0.05) is 11.6 Å². The van der Waals surface area contributed by atoms with E-state index in [4.69, 9.17) is 25.9 Å². The van der Waals surface area contributed by atoms with E-state index in [0.717, 1.165) is 25.7 Å². The van der Waals surface area contributed by atoms with Crippen molar-refractivity contribution in [1.82, 2.24) is 5.48 Å². The number of ether oxygens (including phenoxy) is 2. The van der Waals surface area contributed by atoms with Gasteiger partial charge in [-0.25, -0.2) is 9.18 Å². The molecule has 0 bridgehead atoms. The van der Waals surface area contributed by atoms with Crippen LogP contribution in [0.15, 0.2) is 42.5 Å². The van der Waals surface area contributed by atoms with E-state index < -0.39 is 17.7 Å². The zero-order valence-electron chi connectivity index (χ0n) is 17.0. The first-order valence-corrected chi connectivity index (χ1v) is 10.3. The van der Waals surface area contributed by atoms with Crippen molar-refractivity contribution in [2.24, 2.45) is 5.92 Å². The molecule has 8 heteroatoms. The van der Waals surface area contributed by atoms with E-state index in [-0.39, 0.29) is 17.5 Å². The highest BCUT2D eigenvalue weighted by atomic mass is 35.5. The summed E-state index contributed by atoms with van der Waals surface area (Å²) >= 11 is 5.78. The van der Waals surface area contributed by atoms with Crippen molar-refractivity contribution >= 4 is 29.6 Å². The van der Waals surface area contributed by atoms with Gasteiger partial charge < -0.3 is 14.3 Å². The average molecular weight is 448 g/mol. The van der Waals surface area contributed by atoms with E-state index in [0.29, 0.717) is 22.6 Å². The molecule has 1 amide bonds. The van der Waals surface area contributed by atoms with Gasteiger partial charge in [-0.1, -0.05) is 42.6 Å². The van der Waals surface area contributed by atoms with E-state index in [9.17, 15) is 14.0 Å². The van der Waals surface area contributed by atoms with Gasteiger partial charge in [0.05, 0.1) is 18.1 Å². The molecule has 1 aliphatic rings. The van der Waals surface area contributed by atoms with Crippen molar-refractivity contribution in [3.8, 4) is 11.5 Å². The first kappa shape index (κ1) is 22.6. The number of hydrogen-bond donors (Lipinski definition) is 1. The van der Waals surface area contributed by atoms with Crippen LogP contribution >= 0.6 is 11.6 Å². The first-order chi connectivity index (χ1) is 15.0. The van der Waals surface area contributed by atoms with Crippen LogP contribution in [0.5, 0.6) is 11.5 Å². The number of rotatable bonds is 7. The van der Waals surface area contributed by atoms with E-state index >= 15 is 0 Å². The highest BCUT2D eigenvalue weighted by molar-refractivity contribution is 6.30. The summed E-state index contributed by atoms with van der Waals surface area (Å²) in [6, 6.07) is 9.72. The van der Waals surface area contributed by atoms with Gasteiger partial charge in [-0.2, -0.15) is 5.48 Å². The Hall–Kier alpha value is -3.06. The maximum atomic E-state index is 14.0. The number of nitrogens with one attached hydrogen (secondary N) is 1. The van der Waals surface area contributed by atoms with Crippen molar-refractivity contribution < 1.29 is 28.3 Å². The molecule has 164 valence electrons. The Balaban J connectivity index is 1.56. The minimum absolute atomic E-state index is 0.0211. The Morgan fingerprint density at radius 1 is 1.19 bits per heavy atom. The first-order valence-electron chi connectivity index (χ1n) is 9.90. The molecule has 1 aliphatic carbocycles. The third-order valence-corrected chi connectivity index (χ3v) is 5.26. The fourth-order valence-corrected chi connectivity index (χ4v) is 3.47. The zero-order chi connectivity index (χ0) is 22.2. The van der Waals surface area contributed by atoms with Crippen LogP contribution in [0.4, 0.5) is 4.39 Å². The Morgan fingerprint density at radius 2 is 1.97 bits per heavy atom. The highest BCUT2D eigenvalue weighted by Crippen LogP contribution is 2.30. The third-order valence-electron chi connectivity index (χ3n) is 4.97. The summed E-state index contributed by atoms with van der Waals surface area (Å²) < 4.78 is 25.0. The predicted molar refractivity (Wildman–Crippen MR) is 114 cm³/mol. The molecule has 2 aromatic carbocycles. The second-order valence-electron chi connectivity index (χ2n) is 7.11. The number of amides is 1. The Kier molecular flexibility index (Phi) is 7.89. The van der Waals surface area contributed by atoms with Crippen molar-refractivity contribution in [3.63, 3.8) is 0 Å². The maximum Gasteiger partial charge on any atom is 0.335 e. The van der Waals surface area contributed by atoms with Gasteiger partial charge in [0.25, 0.3) is 5.91 Å². The lowest BCUT2D eigenvalue weighted by Gasteiger charge is -2.12. The molecule has 0 aliphatic heterocycles. The Labute approximate surface area is 184 Å². The van der Waals surface area contributed by atoms with E-state index in [1.807, 2.05) is 0 Å². The number of hydroxylamine groups is 1. The average Bonchev–Trinajstić information content (AvgIpc) is 3.32. The van der Waals surface area contributed by atoms with Gasteiger partial charge in [-0.15, -0.1) is 0 Å². The molecular weight excluding hydrogens is 425 g/mol. The second kappa shape index (κ2) is 10.8. The molecule has 0 saturated heterocycles. The smallest absolute Gasteiger partial charge is 0.335 e. The lowest BCUT2D eigenvalue weighted by Crippen LogP contribution is -2.28. The van der Waals surface area contributed by atoms with Gasteiger partial charge >= 0.3 is 5.97 Å². The Morgan fingerprint density at radius 3 is 2.71 bits per heavy atom. The van der Waals surface area contributed by atoms with Crippen molar-refractivity contribution in [2.45, 2.75) is 32.3 Å². The predicted octanol–water partition coefficient (Wildman–Crippen LogP) is 4.84. The van der Waals surface area contributed by atoms with Crippen LogP contribution in [0.2, 0.25) is 5.02 Å². The topological polar surface area (TPSA) is 73.9 Å². The molecule has 3 rings (SSSR count). The summed E-state index contributed by atoms with van der Waals surface area (Å²) in [5.41, 5.74) is 3.12. The van der Waals surface area contributed by atoms with E-state index in [1.54, 1.807) is 36.4 Å². The number of halogens is 2. The van der Waals surface area contributed by atoms with Crippen LogP contribution in [0, 0.1) is 11.7 Å². The van der Waals surface area contributed by atoms with Crippen molar-refractivity contribution in [1.29, 1.82) is 0 Å². The summed E-state index contributed by atoms with van der Waals surface area (Å²) in [5, 5.41) is 0.0285. The number of benzene rings is 2. The molecule has 31 heavy (non-hydrogen) atoms. The minimum atomic E-state index is -0.554. The van der Waals surface area contributed by atoms with Crippen LogP contribution < -0.4 is 15.0 Å². The van der Waals surface area contributed by atoms with Crippen LogP contribution in [-0.2, 0) is 21.0 Å². The molecule has 1 N–H and O–H groups in total. The van der Waals surface area contributed by atoms with Crippen molar-refractivity contribution in [2.75, 3.05) is 7.11 Å². The number of hydrogen-bond acceptors (Lipinski definition) is 5. The third kappa shape index (κ3) is 6.21. The maximum absolute atomic E-state index is 14.0. The van der Waals surface area contributed by atoms with E-state index in [2.05, 4.69) is 5.48 Å². The van der Waals surface area contributed by atoms with Crippen LogP contribution in [0.1, 0.15) is 36.8 Å². The second-order valence-corrected chi connectivity index (χ2v) is 7.52. The van der Waals surface area contributed by atoms with Crippen LogP contribution in [-0.4, -0.2) is 19.0 Å². The summed E-state index contributed by atoms with van der Waals surface area (Å²) in [6.07, 6.45) is 6.39. The molecule has 0 aromatic heterocycles. The van der Waals surface area contributed by atoms with E-state index in [1.165, 1.54) is 19.3 Å². The number of carbonyl (C=O) groups is 2. The zero-order valence-corrected chi connectivity index (χ0v) is 17.8. The molecule has 1 fully saturated rings.